The third-order valence-corrected chi connectivity index (χ3v) is 5.47. The van der Waals surface area contributed by atoms with Crippen molar-refractivity contribution < 1.29 is 19.0 Å². The number of likely N-dealkylation sites (tertiary alicyclic amines) is 1. The largest absolute Gasteiger partial charge is 0.482 e. The molecule has 140 valence electrons. The Labute approximate surface area is 161 Å². The van der Waals surface area contributed by atoms with E-state index in [1.165, 1.54) is 12.1 Å². The molecule has 0 aromatic heterocycles. The molecule has 0 atom stereocenters. The van der Waals surface area contributed by atoms with Crippen molar-refractivity contribution in [1.82, 2.24) is 4.90 Å². The van der Waals surface area contributed by atoms with Gasteiger partial charge < -0.3 is 9.84 Å². The van der Waals surface area contributed by atoms with Gasteiger partial charge in [-0.3, -0.25) is 9.69 Å². The molecule has 1 fully saturated rings. The normalized spacial score (nSPS) is 18.5. The molecule has 0 radical (unpaired) electrons. The summed E-state index contributed by atoms with van der Waals surface area (Å²) in [6.45, 7) is 1.27. The number of carboxylic acid groups (broad SMARTS) is 1. The molecule has 0 amide bonds. The minimum atomic E-state index is -0.830. The van der Waals surface area contributed by atoms with Gasteiger partial charge in [-0.05, 0) is 23.3 Å². The fourth-order valence-electron chi connectivity index (χ4n) is 3.80. The van der Waals surface area contributed by atoms with Crippen molar-refractivity contribution in [3.63, 3.8) is 0 Å². The molecule has 6 heteroatoms. The molecule has 4 rings (SSSR count). The van der Waals surface area contributed by atoms with Crippen LogP contribution in [0, 0.1) is 5.82 Å². The molecular formula is C21H19ClFNO3. The van der Waals surface area contributed by atoms with E-state index in [2.05, 4.69) is 6.08 Å². The highest BCUT2D eigenvalue weighted by molar-refractivity contribution is 6.31. The first-order valence-electron chi connectivity index (χ1n) is 8.87. The second-order valence-corrected chi connectivity index (χ2v) is 7.43. The first kappa shape index (κ1) is 18.0. The van der Waals surface area contributed by atoms with Gasteiger partial charge in [-0.25, -0.2) is 4.39 Å². The summed E-state index contributed by atoms with van der Waals surface area (Å²) in [5.74, 6) is -0.744. The summed E-state index contributed by atoms with van der Waals surface area (Å²) in [5.41, 5.74) is 2.03. The number of hydrogen-bond donors (Lipinski definition) is 1. The quantitative estimate of drug-likeness (QED) is 0.856. The van der Waals surface area contributed by atoms with Crippen molar-refractivity contribution in [1.29, 1.82) is 0 Å². The SMILES string of the molecule is O=C(O)CN1CCC2(C=C(c3ccccc3)c3cc(F)c(Cl)cc3O2)CC1. The maximum Gasteiger partial charge on any atom is 0.317 e. The van der Waals surface area contributed by atoms with Gasteiger partial charge in [-0.15, -0.1) is 0 Å². The maximum absolute atomic E-state index is 14.1. The zero-order chi connectivity index (χ0) is 19.0. The second kappa shape index (κ2) is 6.98. The summed E-state index contributed by atoms with van der Waals surface area (Å²) >= 11 is 6.00. The van der Waals surface area contributed by atoms with Crippen LogP contribution in [0.15, 0.2) is 48.5 Å². The Hall–Kier alpha value is -2.37. The van der Waals surface area contributed by atoms with Gasteiger partial charge in [0.1, 0.15) is 17.2 Å². The van der Waals surface area contributed by atoms with Crippen LogP contribution < -0.4 is 4.74 Å². The summed E-state index contributed by atoms with van der Waals surface area (Å²) in [4.78, 5) is 12.9. The molecule has 2 heterocycles. The standard InChI is InChI=1S/C21H19ClFNO3/c22-17-11-19-15(10-18(17)23)16(14-4-2-1-3-5-14)12-21(27-19)6-8-24(9-7-21)13-20(25)26/h1-5,10-12H,6-9,13H2,(H,25,26). The van der Waals surface area contributed by atoms with E-state index in [9.17, 15) is 9.18 Å². The van der Waals surface area contributed by atoms with E-state index in [1.54, 1.807) is 0 Å². The topological polar surface area (TPSA) is 49.8 Å². The van der Waals surface area contributed by atoms with Crippen LogP contribution in [0.5, 0.6) is 5.75 Å². The molecule has 2 aliphatic rings. The van der Waals surface area contributed by atoms with Gasteiger partial charge in [0.25, 0.3) is 0 Å². The van der Waals surface area contributed by atoms with E-state index in [0.29, 0.717) is 37.2 Å². The van der Waals surface area contributed by atoms with Gasteiger partial charge in [-0.1, -0.05) is 41.9 Å². The van der Waals surface area contributed by atoms with E-state index >= 15 is 0 Å². The number of fused-ring (bicyclic) bond motifs is 1. The van der Waals surface area contributed by atoms with Crippen LogP contribution in [0.2, 0.25) is 5.02 Å². The number of rotatable bonds is 3. The lowest BCUT2D eigenvalue weighted by atomic mass is 9.83. The Morgan fingerprint density at radius 3 is 2.59 bits per heavy atom. The molecule has 0 unspecified atom stereocenters. The predicted octanol–water partition coefficient (Wildman–Crippen LogP) is 4.22. The van der Waals surface area contributed by atoms with Crippen LogP contribution in [0.3, 0.4) is 0 Å². The van der Waals surface area contributed by atoms with Crippen molar-refractivity contribution in [2.75, 3.05) is 19.6 Å². The second-order valence-electron chi connectivity index (χ2n) is 7.02. The van der Waals surface area contributed by atoms with Gasteiger partial charge in [0.05, 0.1) is 11.6 Å². The van der Waals surface area contributed by atoms with Gasteiger partial charge >= 0.3 is 5.97 Å². The van der Waals surface area contributed by atoms with Crippen molar-refractivity contribution in [2.24, 2.45) is 0 Å². The zero-order valence-corrected chi connectivity index (χ0v) is 15.4. The number of aliphatic carboxylic acids is 1. The van der Waals surface area contributed by atoms with E-state index in [-0.39, 0.29) is 11.6 Å². The number of piperidine rings is 1. The van der Waals surface area contributed by atoms with E-state index in [1.807, 2.05) is 35.2 Å². The summed E-state index contributed by atoms with van der Waals surface area (Å²) in [6.07, 6.45) is 3.38. The predicted molar refractivity (Wildman–Crippen MR) is 102 cm³/mol. The van der Waals surface area contributed by atoms with Gasteiger partial charge in [0, 0.05) is 37.6 Å². The molecule has 1 spiro atoms. The van der Waals surface area contributed by atoms with Crippen molar-refractivity contribution in [2.45, 2.75) is 18.4 Å². The molecule has 2 aliphatic heterocycles. The molecule has 0 bridgehead atoms. The molecular weight excluding hydrogens is 369 g/mol. The lowest BCUT2D eigenvalue weighted by molar-refractivity contribution is -0.139. The fourth-order valence-corrected chi connectivity index (χ4v) is 3.95. The van der Waals surface area contributed by atoms with Crippen LogP contribution >= 0.6 is 11.6 Å². The Morgan fingerprint density at radius 2 is 1.93 bits per heavy atom. The Bertz CT molecular complexity index is 905. The van der Waals surface area contributed by atoms with Crippen molar-refractivity contribution >= 4 is 23.1 Å². The average molecular weight is 388 g/mol. The summed E-state index contributed by atoms with van der Waals surface area (Å²) in [6, 6.07) is 12.8. The third kappa shape index (κ3) is 3.57. The molecule has 2 aromatic rings. The number of ether oxygens (including phenoxy) is 1. The summed E-state index contributed by atoms with van der Waals surface area (Å²) < 4.78 is 20.4. The highest BCUT2D eigenvalue weighted by Gasteiger charge is 2.39. The molecule has 1 N–H and O–H groups in total. The summed E-state index contributed by atoms with van der Waals surface area (Å²) in [5, 5.41) is 9.04. The number of benzene rings is 2. The molecule has 1 saturated heterocycles. The van der Waals surface area contributed by atoms with Crippen LogP contribution in [0.4, 0.5) is 4.39 Å². The highest BCUT2D eigenvalue weighted by atomic mass is 35.5. The van der Waals surface area contributed by atoms with Crippen LogP contribution in [0.25, 0.3) is 5.57 Å². The maximum atomic E-state index is 14.1. The minimum Gasteiger partial charge on any atom is -0.482 e. The van der Waals surface area contributed by atoms with Crippen molar-refractivity contribution in [3.05, 3.63) is 70.5 Å². The lowest BCUT2D eigenvalue weighted by Crippen LogP contribution is -2.49. The van der Waals surface area contributed by atoms with Crippen LogP contribution in [-0.4, -0.2) is 41.2 Å². The number of nitrogens with zero attached hydrogens (tertiary/aromatic N) is 1. The molecule has 2 aromatic carbocycles. The molecule has 27 heavy (non-hydrogen) atoms. The van der Waals surface area contributed by atoms with E-state index in [0.717, 1.165) is 11.1 Å². The van der Waals surface area contributed by atoms with E-state index in [4.69, 9.17) is 21.4 Å². The molecule has 0 saturated carbocycles. The molecule has 0 aliphatic carbocycles. The van der Waals surface area contributed by atoms with E-state index < -0.39 is 17.4 Å². The Balaban J connectivity index is 1.73. The fraction of sp³-hybridized carbons (Fsp3) is 0.286. The first-order valence-corrected chi connectivity index (χ1v) is 9.24. The number of halogens is 2. The smallest absolute Gasteiger partial charge is 0.317 e. The van der Waals surface area contributed by atoms with Crippen LogP contribution in [0.1, 0.15) is 24.0 Å². The van der Waals surface area contributed by atoms with Crippen LogP contribution in [-0.2, 0) is 4.79 Å². The number of carbonyl (C=O) groups is 1. The number of carboxylic acids is 1. The molecule has 4 nitrogen and oxygen atoms in total. The first-order chi connectivity index (χ1) is 13.0. The number of hydrogen-bond acceptors (Lipinski definition) is 3. The van der Waals surface area contributed by atoms with Gasteiger partial charge in [-0.2, -0.15) is 0 Å². The average Bonchev–Trinajstić information content (AvgIpc) is 2.65. The Morgan fingerprint density at radius 1 is 1.22 bits per heavy atom. The van der Waals surface area contributed by atoms with Gasteiger partial charge in [0.15, 0.2) is 0 Å². The lowest BCUT2D eigenvalue weighted by Gasteiger charge is -2.42. The highest BCUT2D eigenvalue weighted by Crippen LogP contribution is 2.44. The van der Waals surface area contributed by atoms with Gasteiger partial charge in [0.2, 0.25) is 0 Å². The monoisotopic (exact) mass is 387 g/mol. The third-order valence-electron chi connectivity index (χ3n) is 5.18. The minimum absolute atomic E-state index is 0.0267. The Kier molecular flexibility index (Phi) is 4.66. The summed E-state index contributed by atoms with van der Waals surface area (Å²) in [7, 11) is 0. The van der Waals surface area contributed by atoms with Crippen molar-refractivity contribution in [3.8, 4) is 5.75 Å². The zero-order valence-electron chi connectivity index (χ0n) is 14.6.